The summed E-state index contributed by atoms with van der Waals surface area (Å²) in [5, 5.41) is 0. The molecule has 0 rings (SSSR count). The Morgan fingerprint density at radius 2 is 1.60 bits per heavy atom. The van der Waals surface area contributed by atoms with Crippen LogP contribution in [0.5, 0.6) is 0 Å². The molecule has 0 saturated carbocycles. The van der Waals surface area contributed by atoms with Crippen LogP contribution in [0.1, 0.15) is 0 Å². The normalized spacial score (nSPS) is 11.8. The van der Waals surface area contributed by atoms with Crippen molar-refractivity contribution in [3.63, 3.8) is 0 Å². The van der Waals surface area contributed by atoms with E-state index in [1.807, 2.05) is 0 Å². The highest BCUT2D eigenvalue weighted by molar-refractivity contribution is 7.77. The first-order chi connectivity index (χ1) is 2.00. The SMILES string of the molecule is [BH3-]P(=O)(O)O. The van der Waals surface area contributed by atoms with Crippen LogP contribution in [0.3, 0.4) is 0 Å². The van der Waals surface area contributed by atoms with Gasteiger partial charge in [-0.05, 0) is 0 Å². The molecule has 5 heteroatoms. The molecule has 0 atom stereocenters. The molecule has 0 aliphatic rings. The van der Waals surface area contributed by atoms with E-state index in [2.05, 4.69) is 0 Å². The molecule has 5 heavy (non-hydrogen) atoms. The summed E-state index contributed by atoms with van der Waals surface area (Å²) in [6.07, 6.45) is 0. The lowest BCUT2D eigenvalue weighted by atomic mass is 10.8. The van der Waals surface area contributed by atoms with Gasteiger partial charge in [0.05, 0.1) is 7.57 Å². The smallest absolute Gasteiger partial charge is 0.142 e. The second-order valence-corrected chi connectivity index (χ2v) is 0.758. The Morgan fingerprint density at radius 1 is 1.60 bits per heavy atom. The van der Waals surface area contributed by atoms with E-state index in [1.54, 1.807) is 0 Å². The molecule has 0 unspecified atom stereocenters. The largest absolute Gasteiger partial charge is 0.354 e. The van der Waals surface area contributed by atoms with Crippen LogP contribution in [0, 0.1) is 0 Å². The molecule has 3 nitrogen and oxygen atoms in total. The van der Waals surface area contributed by atoms with E-state index in [0.29, 0.717) is 0 Å². The Labute approximate surface area is 30.5 Å². The summed E-state index contributed by atoms with van der Waals surface area (Å²) in [5.74, 6) is 0. The van der Waals surface area contributed by atoms with Gasteiger partial charge in [0.2, 0.25) is 0 Å². The van der Waals surface area contributed by atoms with E-state index in [4.69, 9.17) is 9.79 Å². The lowest BCUT2D eigenvalue weighted by Gasteiger charge is -1.93. The zero-order valence-electron chi connectivity index (χ0n) is 1.75. The van der Waals surface area contributed by atoms with E-state index >= 15 is 0 Å². The summed E-state index contributed by atoms with van der Waals surface area (Å²) < 4.78 is 9.44. The molecule has 0 amide bonds. The van der Waals surface area contributed by atoms with Crippen LogP contribution in [0.25, 0.3) is 0 Å². The van der Waals surface area contributed by atoms with Gasteiger partial charge in [0.15, 0.2) is 0 Å². The number of hydrogen-bond donors (Lipinski definition) is 2. The molecule has 0 saturated heterocycles. The third-order valence-electron chi connectivity index (χ3n) is 0. The third-order valence-corrected chi connectivity index (χ3v) is 0. The second-order valence-electron chi connectivity index (χ2n) is 0.253. The number of hydrogen-bond acceptors (Lipinski definition) is 1. The molecule has 0 aliphatic heterocycles. The van der Waals surface area contributed by atoms with Crippen LogP contribution in [0.4, 0.5) is 0 Å². The maximum atomic E-state index is 9.44. The Kier molecular flexibility index (Phi) is 1.18. The predicted octanol–water partition coefficient (Wildman–Crippen LogP) is -1.56. The molecule has 2 N–H and O–H groups in total. The van der Waals surface area contributed by atoms with E-state index in [0.717, 1.165) is 0 Å². The van der Waals surface area contributed by atoms with Crippen molar-refractivity contribution < 1.29 is 14.4 Å². The molecule has 0 spiro atoms. The first kappa shape index (κ1) is 5.21. The first-order valence-corrected chi connectivity index (χ1v) is 1.75. The molecule has 0 aromatic heterocycles. The highest BCUT2D eigenvalue weighted by atomic mass is 31.2. The van der Waals surface area contributed by atoms with Gasteiger partial charge < -0.3 is 14.4 Å². The summed E-state index contributed by atoms with van der Waals surface area (Å²) >= 11 is 0. The quantitative estimate of drug-likeness (QED) is 0.282. The Balaban J connectivity index is 3.47. The van der Waals surface area contributed by atoms with Crippen molar-refractivity contribution in [1.29, 1.82) is 0 Å². The van der Waals surface area contributed by atoms with E-state index in [-0.39, 0.29) is 0 Å². The molecule has 0 aromatic carbocycles. The van der Waals surface area contributed by atoms with Crippen molar-refractivity contribution in [2.75, 3.05) is 0 Å². The monoisotopic (exact) mass is 95.0 g/mol. The average molecular weight is 94.8 g/mol. The van der Waals surface area contributed by atoms with Crippen molar-refractivity contribution in [1.82, 2.24) is 0 Å². The molecule has 0 aliphatic carbocycles. The molecule has 0 aromatic rings. The fourth-order valence-electron chi connectivity index (χ4n) is 0. The van der Waals surface area contributed by atoms with Crippen LogP contribution in [-0.4, -0.2) is 17.4 Å². The van der Waals surface area contributed by atoms with Crippen LogP contribution in [-0.2, 0) is 4.57 Å². The fraction of sp³-hybridized carbons (Fsp3) is 0. The van der Waals surface area contributed by atoms with Gasteiger partial charge in [0.25, 0.3) is 0 Å². The van der Waals surface area contributed by atoms with Gasteiger partial charge >= 0.3 is 0 Å². The van der Waals surface area contributed by atoms with Crippen LogP contribution < -0.4 is 0 Å². The molecule has 0 bridgehead atoms. The molecule has 32 valence electrons. The zero-order chi connectivity index (χ0) is 4.50. The molecule has 0 heterocycles. The van der Waals surface area contributed by atoms with Crippen molar-refractivity contribution in [2.24, 2.45) is 0 Å². The topological polar surface area (TPSA) is 57.5 Å². The summed E-state index contributed by atoms with van der Waals surface area (Å²) in [6.45, 7) is 0. The van der Waals surface area contributed by atoms with E-state index < -0.39 is 15.0 Å². The summed E-state index contributed by atoms with van der Waals surface area (Å²) in [5.41, 5.74) is 0. The Bertz CT molecular complexity index is 53.0. The Morgan fingerprint density at radius 3 is 1.60 bits per heavy atom. The third kappa shape index (κ3) is 448. The average Bonchev–Trinajstić information content (AvgIpc) is 0.722. The standard InChI is InChI=1S/BH5O3P/c1-5(2,3)4/h1H3,(H2,2,3,4)/q-1. The first-order valence-electron chi connectivity index (χ1n) is 0.583. The molecular formula is H5BO3P-. The molecular weight excluding hydrogens is 89.8 g/mol. The lowest BCUT2D eigenvalue weighted by molar-refractivity contribution is 0.395. The van der Waals surface area contributed by atoms with Crippen LogP contribution in [0.15, 0.2) is 0 Å². The van der Waals surface area contributed by atoms with E-state index in [1.165, 1.54) is 0 Å². The summed E-state index contributed by atoms with van der Waals surface area (Å²) in [4.78, 5) is 15.5. The van der Waals surface area contributed by atoms with Gasteiger partial charge in [0, 0.05) is 0 Å². The zero-order valence-corrected chi connectivity index (χ0v) is 2.64. The highest BCUT2D eigenvalue weighted by Gasteiger charge is 1.85. The lowest BCUT2D eigenvalue weighted by Crippen LogP contribution is -1.67. The second kappa shape index (κ2) is 1.13. The fourth-order valence-corrected chi connectivity index (χ4v) is 0. The minimum atomic E-state index is -3.39. The highest BCUT2D eigenvalue weighted by Crippen LogP contribution is 2.24. The molecule has 0 radical (unpaired) electrons. The van der Waals surface area contributed by atoms with Crippen molar-refractivity contribution in [3.8, 4) is 0 Å². The molecule has 0 fully saturated rings. The van der Waals surface area contributed by atoms with Gasteiger partial charge in [-0.15, -0.1) is 0 Å². The summed E-state index contributed by atoms with van der Waals surface area (Å²) in [7, 11) is -4.12. The van der Waals surface area contributed by atoms with Crippen LogP contribution >= 0.6 is 7.47 Å². The van der Waals surface area contributed by atoms with Gasteiger partial charge in [-0.3, -0.25) is 0 Å². The van der Waals surface area contributed by atoms with Crippen molar-refractivity contribution in [3.05, 3.63) is 0 Å². The van der Waals surface area contributed by atoms with E-state index in [9.17, 15) is 4.57 Å². The van der Waals surface area contributed by atoms with Gasteiger partial charge in [-0.25, -0.2) is 0 Å². The van der Waals surface area contributed by atoms with Crippen molar-refractivity contribution >= 4 is 15.0 Å². The van der Waals surface area contributed by atoms with Gasteiger partial charge in [-0.2, -0.15) is 0 Å². The van der Waals surface area contributed by atoms with Crippen LogP contribution in [0.2, 0.25) is 0 Å². The van der Waals surface area contributed by atoms with Crippen molar-refractivity contribution in [2.45, 2.75) is 0 Å². The maximum Gasteiger partial charge on any atom is 0.142 e. The minimum Gasteiger partial charge on any atom is -0.354 e. The number of rotatable bonds is 0. The Hall–Kier alpha value is 0.215. The van der Waals surface area contributed by atoms with Gasteiger partial charge in [0.1, 0.15) is 7.47 Å². The van der Waals surface area contributed by atoms with Gasteiger partial charge in [-0.1, -0.05) is 0 Å². The minimum absolute atomic E-state index is 0.729. The summed E-state index contributed by atoms with van der Waals surface area (Å²) in [6, 6.07) is 0. The maximum absolute atomic E-state index is 9.44. The predicted molar refractivity (Wildman–Crippen MR) is 22.0 cm³/mol.